The van der Waals surface area contributed by atoms with E-state index in [0.717, 1.165) is 18.4 Å². The molecule has 1 saturated heterocycles. The summed E-state index contributed by atoms with van der Waals surface area (Å²) in [5.41, 5.74) is 1.39. The molecular weight excluding hydrogens is 299 g/mol. The van der Waals surface area contributed by atoms with Crippen molar-refractivity contribution in [3.05, 3.63) is 27.7 Å². The molecule has 1 N–H and O–H groups in total. The van der Waals surface area contributed by atoms with Gasteiger partial charge in [-0.05, 0) is 31.4 Å². The Labute approximate surface area is 127 Å². The molecule has 6 heteroatoms. The fourth-order valence-electron chi connectivity index (χ4n) is 2.44. The quantitative estimate of drug-likeness (QED) is 0.873. The van der Waals surface area contributed by atoms with Crippen molar-refractivity contribution in [1.82, 2.24) is 4.90 Å². The van der Waals surface area contributed by atoms with Crippen molar-refractivity contribution in [3.63, 3.8) is 0 Å². The molecule has 4 nitrogen and oxygen atoms in total. The lowest BCUT2D eigenvalue weighted by molar-refractivity contribution is -0.139. The number of anilines is 1. The fraction of sp³-hybridized carbons (Fsp3) is 0.429. The van der Waals surface area contributed by atoms with Crippen LogP contribution in [0.2, 0.25) is 10.0 Å². The van der Waals surface area contributed by atoms with E-state index in [0.29, 0.717) is 15.7 Å². The lowest BCUT2D eigenvalue weighted by Crippen LogP contribution is -2.36. The molecule has 0 spiro atoms. The van der Waals surface area contributed by atoms with Gasteiger partial charge in [-0.15, -0.1) is 0 Å². The van der Waals surface area contributed by atoms with Crippen molar-refractivity contribution in [3.8, 4) is 0 Å². The van der Waals surface area contributed by atoms with Gasteiger partial charge in [-0.1, -0.05) is 29.3 Å². The van der Waals surface area contributed by atoms with Crippen LogP contribution in [-0.4, -0.2) is 28.8 Å². The van der Waals surface area contributed by atoms with Gasteiger partial charge >= 0.3 is 0 Å². The van der Waals surface area contributed by atoms with Gasteiger partial charge in [0.05, 0.1) is 22.2 Å². The number of imide groups is 1. The molecule has 1 aliphatic heterocycles. The Balaban J connectivity index is 1.84. The molecule has 0 bridgehead atoms. The van der Waals surface area contributed by atoms with E-state index in [-0.39, 0.29) is 24.3 Å². The maximum absolute atomic E-state index is 12.3. The van der Waals surface area contributed by atoms with E-state index >= 15 is 0 Å². The highest BCUT2D eigenvalue weighted by molar-refractivity contribution is 6.39. The first-order valence-corrected chi connectivity index (χ1v) is 7.31. The maximum Gasteiger partial charge on any atom is 0.252 e. The van der Waals surface area contributed by atoms with Crippen LogP contribution in [0.4, 0.5) is 5.69 Å². The second kappa shape index (κ2) is 4.93. The van der Waals surface area contributed by atoms with Crippen molar-refractivity contribution < 1.29 is 9.59 Å². The number of aryl methyl sites for hydroxylation is 1. The van der Waals surface area contributed by atoms with E-state index in [1.165, 1.54) is 4.90 Å². The minimum absolute atomic E-state index is 0.102. The largest absolute Gasteiger partial charge is 0.371 e. The SMILES string of the molecule is Cc1ccc(Cl)c(NC2CC(=O)N(C3CC3)C2=O)c1Cl. The topological polar surface area (TPSA) is 49.4 Å². The molecule has 3 rings (SSSR count). The number of nitrogens with one attached hydrogen (secondary N) is 1. The van der Waals surface area contributed by atoms with Crippen LogP contribution in [-0.2, 0) is 9.59 Å². The fourth-order valence-corrected chi connectivity index (χ4v) is 2.92. The van der Waals surface area contributed by atoms with Crippen molar-refractivity contribution in [2.24, 2.45) is 0 Å². The van der Waals surface area contributed by atoms with Gasteiger partial charge in [0.1, 0.15) is 6.04 Å². The number of likely N-dealkylation sites (tertiary alicyclic amines) is 1. The molecule has 2 aliphatic rings. The second-order valence-corrected chi connectivity index (χ2v) is 6.07. The van der Waals surface area contributed by atoms with Gasteiger partial charge in [0, 0.05) is 6.04 Å². The van der Waals surface area contributed by atoms with Gasteiger partial charge in [0.2, 0.25) is 5.91 Å². The number of amides is 2. The number of rotatable bonds is 3. The summed E-state index contributed by atoms with van der Waals surface area (Å²) in [7, 11) is 0. The summed E-state index contributed by atoms with van der Waals surface area (Å²) in [4.78, 5) is 25.6. The summed E-state index contributed by atoms with van der Waals surface area (Å²) in [6, 6.07) is 3.07. The maximum atomic E-state index is 12.3. The molecule has 0 aromatic heterocycles. The molecule has 1 unspecified atom stereocenters. The highest BCUT2D eigenvalue weighted by Gasteiger charge is 2.46. The Kier molecular flexibility index (Phi) is 3.38. The predicted octanol–water partition coefficient (Wildman–Crippen LogP) is 3.00. The summed E-state index contributed by atoms with van der Waals surface area (Å²) >= 11 is 12.3. The van der Waals surface area contributed by atoms with Gasteiger partial charge in [0.25, 0.3) is 5.91 Å². The summed E-state index contributed by atoms with van der Waals surface area (Å²) in [6.07, 6.45) is 1.99. The third-order valence-electron chi connectivity index (χ3n) is 3.70. The molecule has 20 heavy (non-hydrogen) atoms. The minimum Gasteiger partial charge on any atom is -0.371 e. The molecule has 2 fully saturated rings. The Hall–Kier alpha value is -1.26. The zero-order chi connectivity index (χ0) is 14.4. The highest BCUT2D eigenvalue weighted by atomic mass is 35.5. The normalized spacial score (nSPS) is 22.6. The number of halogens is 2. The third kappa shape index (κ3) is 2.27. The average Bonchev–Trinajstić information content (AvgIpc) is 3.18. The molecule has 1 aromatic carbocycles. The molecular formula is C14H14Cl2N2O2. The summed E-state index contributed by atoms with van der Waals surface area (Å²) in [5, 5.41) is 3.97. The zero-order valence-corrected chi connectivity index (χ0v) is 12.5. The van der Waals surface area contributed by atoms with E-state index < -0.39 is 6.04 Å². The first kappa shape index (κ1) is 13.7. The molecule has 1 atom stereocenters. The number of carbonyl (C=O) groups is 2. The predicted molar refractivity (Wildman–Crippen MR) is 78.1 cm³/mol. The third-order valence-corrected chi connectivity index (χ3v) is 4.50. The monoisotopic (exact) mass is 312 g/mol. The van der Waals surface area contributed by atoms with Crippen LogP contribution in [0.1, 0.15) is 24.8 Å². The first-order valence-electron chi connectivity index (χ1n) is 6.56. The van der Waals surface area contributed by atoms with Gasteiger partial charge in [-0.3, -0.25) is 14.5 Å². The number of hydrogen-bond donors (Lipinski definition) is 1. The Morgan fingerprint density at radius 1 is 1.25 bits per heavy atom. The van der Waals surface area contributed by atoms with E-state index in [4.69, 9.17) is 23.2 Å². The average molecular weight is 313 g/mol. The summed E-state index contributed by atoms with van der Waals surface area (Å²) < 4.78 is 0. The van der Waals surface area contributed by atoms with Gasteiger partial charge < -0.3 is 5.32 Å². The molecule has 1 aliphatic carbocycles. The van der Waals surface area contributed by atoms with Crippen molar-refractivity contribution in [1.29, 1.82) is 0 Å². The van der Waals surface area contributed by atoms with Crippen molar-refractivity contribution >= 4 is 40.7 Å². The molecule has 1 heterocycles. The lowest BCUT2D eigenvalue weighted by atomic mass is 10.2. The molecule has 106 valence electrons. The van der Waals surface area contributed by atoms with Gasteiger partial charge in [-0.25, -0.2) is 0 Å². The van der Waals surface area contributed by atoms with Gasteiger partial charge in [-0.2, -0.15) is 0 Å². The molecule has 0 radical (unpaired) electrons. The highest BCUT2D eigenvalue weighted by Crippen LogP contribution is 2.36. The number of hydrogen-bond acceptors (Lipinski definition) is 3. The Morgan fingerprint density at radius 3 is 2.60 bits per heavy atom. The summed E-state index contributed by atoms with van der Waals surface area (Å²) in [5.74, 6) is -0.291. The van der Waals surface area contributed by atoms with E-state index in [2.05, 4.69) is 5.32 Å². The number of nitrogens with zero attached hydrogens (tertiary/aromatic N) is 1. The Morgan fingerprint density at radius 2 is 1.95 bits per heavy atom. The van der Waals surface area contributed by atoms with Crippen LogP contribution in [0.5, 0.6) is 0 Å². The van der Waals surface area contributed by atoms with Crippen LogP contribution in [0.3, 0.4) is 0 Å². The number of carbonyl (C=O) groups excluding carboxylic acids is 2. The molecule has 1 saturated carbocycles. The number of benzene rings is 1. The van der Waals surface area contributed by atoms with Crippen LogP contribution in [0.15, 0.2) is 12.1 Å². The van der Waals surface area contributed by atoms with Gasteiger partial charge in [0.15, 0.2) is 0 Å². The second-order valence-electron chi connectivity index (χ2n) is 5.29. The standard InChI is InChI=1S/C14H14Cl2N2O2/c1-7-2-5-9(15)13(12(7)16)17-10-6-11(19)18(14(10)20)8-3-4-8/h2,5,8,10,17H,3-4,6H2,1H3. The van der Waals surface area contributed by atoms with Crippen molar-refractivity contribution in [2.75, 3.05) is 5.32 Å². The zero-order valence-electron chi connectivity index (χ0n) is 11.0. The van der Waals surface area contributed by atoms with E-state index in [1.54, 1.807) is 6.07 Å². The van der Waals surface area contributed by atoms with Crippen LogP contribution >= 0.6 is 23.2 Å². The van der Waals surface area contributed by atoms with E-state index in [9.17, 15) is 9.59 Å². The van der Waals surface area contributed by atoms with Crippen molar-refractivity contribution in [2.45, 2.75) is 38.3 Å². The lowest BCUT2D eigenvalue weighted by Gasteiger charge is -2.17. The first-order chi connectivity index (χ1) is 9.49. The smallest absolute Gasteiger partial charge is 0.252 e. The Bertz CT molecular complexity index is 599. The summed E-state index contributed by atoms with van der Waals surface area (Å²) in [6.45, 7) is 1.86. The molecule has 2 amide bonds. The van der Waals surface area contributed by atoms with Crippen LogP contribution in [0, 0.1) is 6.92 Å². The van der Waals surface area contributed by atoms with Crippen LogP contribution in [0.25, 0.3) is 0 Å². The minimum atomic E-state index is -0.570. The van der Waals surface area contributed by atoms with E-state index in [1.807, 2.05) is 13.0 Å². The van der Waals surface area contributed by atoms with Crippen LogP contribution < -0.4 is 5.32 Å². The molecule has 1 aromatic rings.